The highest BCUT2D eigenvalue weighted by Crippen LogP contribution is 2.30. The van der Waals surface area contributed by atoms with E-state index in [-0.39, 0.29) is 22.2 Å². The molecule has 1 rings (SSSR count). The van der Waals surface area contributed by atoms with Gasteiger partial charge in [-0.05, 0) is 17.7 Å². The van der Waals surface area contributed by atoms with Crippen LogP contribution in [0.4, 0.5) is 0 Å². The smallest absolute Gasteiger partial charge is 0.186 e. The van der Waals surface area contributed by atoms with Gasteiger partial charge in [0.15, 0.2) is 22.9 Å². The molecule has 0 atom stereocenters. The number of carbonyl (C=O) groups is 2. The van der Waals surface area contributed by atoms with Gasteiger partial charge < -0.3 is 9.84 Å². The van der Waals surface area contributed by atoms with Crippen LogP contribution in [0.5, 0.6) is 11.5 Å². The summed E-state index contributed by atoms with van der Waals surface area (Å²) in [6.07, 6.45) is 4.15. The van der Waals surface area contributed by atoms with Gasteiger partial charge in [-0.15, -0.1) is 0 Å². The third-order valence-electron chi connectivity index (χ3n) is 2.17. The lowest BCUT2D eigenvalue weighted by atomic mass is 10.1. The lowest BCUT2D eigenvalue weighted by Crippen LogP contribution is -1.90. The van der Waals surface area contributed by atoms with Gasteiger partial charge in [-0.2, -0.15) is 0 Å². The second-order valence-corrected chi connectivity index (χ2v) is 4.68. The summed E-state index contributed by atoms with van der Waals surface area (Å²) in [6, 6.07) is 3.18. The van der Waals surface area contributed by atoms with E-state index in [0.717, 1.165) is 5.56 Å². The summed E-state index contributed by atoms with van der Waals surface area (Å²) >= 11 is 1.20. The SMILES string of the molecule is COc1cc(C=CCSC(C)=O)cc(C=O)c1O. The van der Waals surface area contributed by atoms with E-state index in [1.807, 2.05) is 6.08 Å². The molecule has 0 amide bonds. The third kappa shape index (κ3) is 3.92. The Hall–Kier alpha value is -1.75. The summed E-state index contributed by atoms with van der Waals surface area (Å²) in [5.41, 5.74) is 0.907. The predicted octanol–water partition coefficient (Wildman–Crippen LogP) is 2.51. The van der Waals surface area contributed by atoms with Gasteiger partial charge in [0.2, 0.25) is 0 Å². The average molecular weight is 266 g/mol. The number of ether oxygens (including phenoxy) is 1. The molecule has 0 saturated carbocycles. The Morgan fingerprint density at radius 3 is 2.78 bits per heavy atom. The molecule has 18 heavy (non-hydrogen) atoms. The van der Waals surface area contributed by atoms with Gasteiger partial charge in [-0.3, -0.25) is 9.59 Å². The van der Waals surface area contributed by atoms with Crippen molar-refractivity contribution in [2.45, 2.75) is 6.92 Å². The summed E-state index contributed by atoms with van der Waals surface area (Å²) in [5.74, 6) is 0.649. The topological polar surface area (TPSA) is 63.6 Å². The average Bonchev–Trinajstić information content (AvgIpc) is 2.35. The highest BCUT2D eigenvalue weighted by atomic mass is 32.2. The van der Waals surface area contributed by atoms with Gasteiger partial charge in [0, 0.05) is 12.7 Å². The summed E-state index contributed by atoms with van der Waals surface area (Å²) < 4.78 is 4.97. The van der Waals surface area contributed by atoms with Crippen molar-refractivity contribution < 1.29 is 19.4 Å². The number of rotatable bonds is 5. The second kappa shape index (κ2) is 6.86. The summed E-state index contributed by atoms with van der Waals surface area (Å²) in [7, 11) is 1.42. The lowest BCUT2D eigenvalue weighted by Gasteiger charge is -2.06. The van der Waals surface area contributed by atoms with Gasteiger partial charge in [-0.25, -0.2) is 0 Å². The Morgan fingerprint density at radius 1 is 1.50 bits per heavy atom. The summed E-state index contributed by atoms with van der Waals surface area (Å²) in [5, 5.41) is 9.68. The van der Waals surface area contributed by atoms with E-state index in [1.54, 1.807) is 18.2 Å². The number of carbonyl (C=O) groups excluding carboxylic acids is 2. The Balaban J connectivity index is 2.89. The molecule has 4 nitrogen and oxygen atoms in total. The Kier molecular flexibility index (Phi) is 5.45. The minimum atomic E-state index is -0.164. The van der Waals surface area contributed by atoms with E-state index in [1.165, 1.54) is 25.8 Å². The molecule has 0 unspecified atom stereocenters. The first-order valence-corrected chi connectivity index (χ1v) is 6.23. The van der Waals surface area contributed by atoms with Crippen molar-refractivity contribution in [3.05, 3.63) is 29.3 Å². The van der Waals surface area contributed by atoms with E-state index in [2.05, 4.69) is 0 Å². The largest absolute Gasteiger partial charge is 0.504 e. The standard InChI is InChI=1S/C13H14O4S/c1-9(15)18-5-3-4-10-6-11(8-14)13(16)12(7-10)17-2/h3-4,6-8,16H,5H2,1-2H3. The van der Waals surface area contributed by atoms with Gasteiger partial charge in [0.25, 0.3) is 0 Å². The Bertz CT molecular complexity index is 480. The van der Waals surface area contributed by atoms with E-state index in [4.69, 9.17) is 4.74 Å². The fraction of sp³-hybridized carbons (Fsp3) is 0.231. The van der Waals surface area contributed by atoms with Crippen LogP contribution in [-0.2, 0) is 4.79 Å². The molecule has 1 aromatic rings. The highest BCUT2D eigenvalue weighted by molar-refractivity contribution is 8.13. The fourth-order valence-corrected chi connectivity index (χ4v) is 1.77. The minimum Gasteiger partial charge on any atom is -0.504 e. The van der Waals surface area contributed by atoms with Crippen molar-refractivity contribution in [2.75, 3.05) is 12.9 Å². The number of aldehydes is 1. The van der Waals surface area contributed by atoms with Gasteiger partial charge >= 0.3 is 0 Å². The zero-order valence-corrected chi connectivity index (χ0v) is 11.0. The van der Waals surface area contributed by atoms with Crippen molar-refractivity contribution in [3.63, 3.8) is 0 Å². The molecule has 0 radical (unpaired) electrons. The summed E-state index contributed by atoms with van der Waals surface area (Å²) in [6.45, 7) is 1.51. The molecule has 0 aliphatic carbocycles. The molecule has 1 N–H and O–H groups in total. The van der Waals surface area contributed by atoms with Crippen LogP contribution in [0.1, 0.15) is 22.8 Å². The zero-order valence-electron chi connectivity index (χ0n) is 10.2. The zero-order chi connectivity index (χ0) is 13.5. The number of aromatic hydroxyl groups is 1. The van der Waals surface area contributed by atoms with Gasteiger partial charge in [-0.1, -0.05) is 23.9 Å². The minimum absolute atomic E-state index is 0.0523. The third-order valence-corrected chi connectivity index (χ3v) is 2.93. The molecule has 0 fully saturated rings. The van der Waals surface area contributed by atoms with Crippen molar-refractivity contribution in [2.24, 2.45) is 0 Å². The van der Waals surface area contributed by atoms with E-state index >= 15 is 0 Å². The summed E-state index contributed by atoms with van der Waals surface area (Å²) in [4.78, 5) is 21.5. The molecule has 0 bridgehead atoms. The Labute approximate surface area is 110 Å². The maximum Gasteiger partial charge on any atom is 0.186 e. The van der Waals surface area contributed by atoms with Gasteiger partial charge in [0.05, 0.1) is 12.7 Å². The Morgan fingerprint density at radius 2 is 2.22 bits per heavy atom. The van der Waals surface area contributed by atoms with Crippen LogP contribution >= 0.6 is 11.8 Å². The molecule has 5 heteroatoms. The normalized spacial score (nSPS) is 10.6. The number of benzene rings is 1. The predicted molar refractivity (Wildman–Crippen MR) is 72.2 cm³/mol. The van der Waals surface area contributed by atoms with Crippen molar-refractivity contribution in [1.29, 1.82) is 0 Å². The fourth-order valence-electron chi connectivity index (χ4n) is 1.34. The molecule has 96 valence electrons. The number of phenolic OH excluding ortho intramolecular Hbond substituents is 1. The first-order valence-electron chi connectivity index (χ1n) is 5.24. The van der Waals surface area contributed by atoms with Crippen LogP contribution in [0, 0.1) is 0 Å². The molecule has 0 heterocycles. The van der Waals surface area contributed by atoms with Crippen LogP contribution in [0.25, 0.3) is 6.08 Å². The molecule has 0 aromatic heterocycles. The molecular formula is C13H14O4S. The number of thioether (sulfide) groups is 1. The van der Waals surface area contributed by atoms with Crippen LogP contribution in [0.15, 0.2) is 18.2 Å². The first-order chi connectivity index (χ1) is 8.58. The molecular weight excluding hydrogens is 252 g/mol. The molecule has 1 aromatic carbocycles. The van der Waals surface area contributed by atoms with Crippen LogP contribution < -0.4 is 4.74 Å². The second-order valence-electron chi connectivity index (χ2n) is 3.48. The molecule has 0 saturated heterocycles. The highest BCUT2D eigenvalue weighted by Gasteiger charge is 2.08. The number of hydrogen-bond donors (Lipinski definition) is 1. The van der Waals surface area contributed by atoms with Crippen LogP contribution in [-0.4, -0.2) is 29.4 Å². The van der Waals surface area contributed by atoms with Crippen LogP contribution in [0.2, 0.25) is 0 Å². The first kappa shape index (κ1) is 14.3. The maximum absolute atomic E-state index is 10.8. The quantitative estimate of drug-likeness (QED) is 0.830. The maximum atomic E-state index is 10.8. The van der Waals surface area contributed by atoms with Gasteiger partial charge in [0.1, 0.15) is 0 Å². The molecule has 0 aliphatic rings. The molecule has 0 spiro atoms. The van der Waals surface area contributed by atoms with E-state index < -0.39 is 0 Å². The number of hydrogen-bond acceptors (Lipinski definition) is 5. The number of methoxy groups -OCH3 is 1. The van der Waals surface area contributed by atoms with Crippen molar-refractivity contribution >= 4 is 29.2 Å². The van der Waals surface area contributed by atoms with Crippen molar-refractivity contribution in [3.8, 4) is 11.5 Å². The van der Waals surface area contributed by atoms with E-state index in [0.29, 0.717) is 12.0 Å². The molecule has 0 aliphatic heterocycles. The van der Waals surface area contributed by atoms with Crippen LogP contribution in [0.3, 0.4) is 0 Å². The lowest BCUT2D eigenvalue weighted by molar-refractivity contribution is -0.109. The monoisotopic (exact) mass is 266 g/mol. The van der Waals surface area contributed by atoms with E-state index in [9.17, 15) is 14.7 Å². The number of phenols is 1. The van der Waals surface area contributed by atoms with Crippen molar-refractivity contribution in [1.82, 2.24) is 0 Å².